The van der Waals surface area contributed by atoms with Crippen LogP contribution in [0.15, 0.2) is 24.3 Å². The van der Waals surface area contributed by atoms with Crippen molar-refractivity contribution in [3.63, 3.8) is 0 Å². The van der Waals surface area contributed by atoms with E-state index in [0.29, 0.717) is 13.1 Å². The number of rotatable bonds is 8. The molecule has 1 rings (SSSR count). The van der Waals surface area contributed by atoms with Crippen LogP contribution in [-0.2, 0) is 0 Å². The molecule has 18 heavy (non-hydrogen) atoms. The first-order valence-corrected chi connectivity index (χ1v) is 6.34. The summed E-state index contributed by atoms with van der Waals surface area (Å²) in [6.45, 7) is 1.22. The average molecular weight is 251 g/mol. The Morgan fingerprint density at radius 1 is 1.11 bits per heavy atom. The molecule has 0 bridgehead atoms. The lowest BCUT2D eigenvalue weighted by Gasteiger charge is -2.16. The fraction of sp³-hybridized carbons (Fsp3) is 0.538. The fourth-order valence-corrected chi connectivity index (χ4v) is 2.18. The molecule has 5 nitrogen and oxygen atoms in total. The molecule has 0 unspecified atom stereocenters. The van der Waals surface area contributed by atoms with Gasteiger partial charge in [-0.25, -0.2) is 0 Å². The van der Waals surface area contributed by atoms with Crippen LogP contribution in [0.5, 0.6) is 0 Å². The van der Waals surface area contributed by atoms with Gasteiger partial charge in [0, 0.05) is 11.6 Å². The SMILES string of the molecule is NCCCC(CCCN)c1ccccc1[N+](=O)[O-]. The Bertz CT molecular complexity index is 374. The maximum absolute atomic E-state index is 11.0. The maximum Gasteiger partial charge on any atom is 0.272 e. The summed E-state index contributed by atoms with van der Waals surface area (Å²) < 4.78 is 0. The predicted molar refractivity (Wildman–Crippen MR) is 72.4 cm³/mol. The van der Waals surface area contributed by atoms with E-state index in [2.05, 4.69) is 0 Å². The van der Waals surface area contributed by atoms with E-state index in [-0.39, 0.29) is 16.5 Å². The number of hydrogen-bond donors (Lipinski definition) is 2. The van der Waals surface area contributed by atoms with Gasteiger partial charge in [-0.15, -0.1) is 0 Å². The average Bonchev–Trinajstić information content (AvgIpc) is 2.39. The molecule has 0 fully saturated rings. The van der Waals surface area contributed by atoms with Gasteiger partial charge in [0.15, 0.2) is 0 Å². The molecule has 0 aromatic heterocycles. The highest BCUT2D eigenvalue weighted by Gasteiger charge is 2.20. The van der Waals surface area contributed by atoms with Gasteiger partial charge >= 0.3 is 0 Å². The van der Waals surface area contributed by atoms with Gasteiger partial charge in [0.2, 0.25) is 0 Å². The Balaban J connectivity index is 2.92. The van der Waals surface area contributed by atoms with Crippen molar-refractivity contribution in [2.45, 2.75) is 31.6 Å². The second kappa shape index (κ2) is 7.79. The van der Waals surface area contributed by atoms with Crippen molar-refractivity contribution >= 4 is 5.69 Å². The molecule has 1 aromatic carbocycles. The Hall–Kier alpha value is -1.46. The number of nitro benzene ring substituents is 1. The van der Waals surface area contributed by atoms with Gasteiger partial charge < -0.3 is 11.5 Å². The lowest BCUT2D eigenvalue weighted by atomic mass is 9.89. The number of nitro groups is 1. The topological polar surface area (TPSA) is 95.2 Å². The number of nitrogens with two attached hydrogens (primary N) is 2. The minimum absolute atomic E-state index is 0.179. The van der Waals surface area contributed by atoms with Crippen LogP contribution in [0, 0.1) is 10.1 Å². The Morgan fingerprint density at radius 3 is 2.17 bits per heavy atom. The first-order valence-electron chi connectivity index (χ1n) is 6.34. The second-order valence-corrected chi connectivity index (χ2v) is 4.37. The first-order chi connectivity index (χ1) is 8.70. The van der Waals surface area contributed by atoms with E-state index in [4.69, 9.17) is 11.5 Å². The smallest absolute Gasteiger partial charge is 0.272 e. The molecule has 0 radical (unpaired) electrons. The molecule has 0 spiro atoms. The maximum atomic E-state index is 11.0. The molecule has 0 atom stereocenters. The Kier molecular flexibility index (Phi) is 6.32. The van der Waals surface area contributed by atoms with E-state index >= 15 is 0 Å². The lowest BCUT2D eigenvalue weighted by molar-refractivity contribution is -0.385. The van der Waals surface area contributed by atoms with Gasteiger partial charge in [0.25, 0.3) is 5.69 Å². The van der Waals surface area contributed by atoms with Crippen LogP contribution in [0.2, 0.25) is 0 Å². The highest BCUT2D eigenvalue weighted by atomic mass is 16.6. The zero-order valence-electron chi connectivity index (χ0n) is 10.5. The van der Waals surface area contributed by atoms with Crippen molar-refractivity contribution in [3.05, 3.63) is 39.9 Å². The summed E-state index contributed by atoms with van der Waals surface area (Å²) in [6.07, 6.45) is 3.51. The van der Waals surface area contributed by atoms with Crippen LogP contribution >= 0.6 is 0 Å². The van der Waals surface area contributed by atoms with Gasteiger partial charge in [-0.2, -0.15) is 0 Å². The fourth-order valence-electron chi connectivity index (χ4n) is 2.18. The highest BCUT2D eigenvalue weighted by Crippen LogP contribution is 2.32. The van der Waals surface area contributed by atoms with E-state index in [1.165, 1.54) is 0 Å². The van der Waals surface area contributed by atoms with Gasteiger partial charge in [-0.1, -0.05) is 18.2 Å². The highest BCUT2D eigenvalue weighted by molar-refractivity contribution is 5.42. The number of nitrogens with zero attached hydrogens (tertiary/aromatic N) is 1. The molecule has 0 amide bonds. The van der Waals surface area contributed by atoms with E-state index in [1.54, 1.807) is 12.1 Å². The molecule has 0 aliphatic heterocycles. The Labute approximate surface area is 107 Å². The van der Waals surface area contributed by atoms with Crippen LogP contribution in [0.25, 0.3) is 0 Å². The number of benzene rings is 1. The molecular formula is C13H21N3O2. The third kappa shape index (κ3) is 4.09. The van der Waals surface area contributed by atoms with Crippen LogP contribution in [0.3, 0.4) is 0 Å². The van der Waals surface area contributed by atoms with Gasteiger partial charge in [0.1, 0.15) is 0 Å². The normalized spacial score (nSPS) is 10.8. The summed E-state index contributed by atoms with van der Waals surface area (Å²) in [7, 11) is 0. The van der Waals surface area contributed by atoms with Crippen molar-refractivity contribution in [2.24, 2.45) is 11.5 Å². The van der Waals surface area contributed by atoms with Gasteiger partial charge in [0.05, 0.1) is 4.92 Å². The van der Waals surface area contributed by atoms with Crippen molar-refractivity contribution < 1.29 is 4.92 Å². The molecule has 4 N–H and O–H groups in total. The summed E-state index contributed by atoms with van der Waals surface area (Å²) in [4.78, 5) is 10.7. The largest absolute Gasteiger partial charge is 0.330 e. The van der Waals surface area contributed by atoms with Crippen LogP contribution < -0.4 is 11.5 Å². The van der Waals surface area contributed by atoms with Gasteiger partial charge in [-0.05, 0) is 44.7 Å². The van der Waals surface area contributed by atoms with E-state index in [0.717, 1.165) is 31.2 Å². The molecule has 0 saturated carbocycles. The zero-order chi connectivity index (χ0) is 13.4. The van der Waals surface area contributed by atoms with Gasteiger partial charge in [-0.3, -0.25) is 10.1 Å². The molecule has 0 saturated heterocycles. The zero-order valence-corrected chi connectivity index (χ0v) is 10.5. The minimum Gasteiger partial charge on any atom is -0.330 e. The van der Waals surface area contributed by atoms with Crippen LogP contribution in [0.4, 0.5) is 5.69 Å². The van der Waals surface area contributed by atoms with E-state index in [1.807, 2.05) is 12.1 Å². The molecule has 0 heterocycles. The summed E-state index contributed by atoms with van der Waals surface area (Å²) in [6, 6.07) is 6.95. The van der Waals surface area contributed by atoms with E-state index in [9.17, 15) is 10.1 Å². The second-order valence-electron chi connectivity index (χ2n) is 4.37. The number of hydrogen-bond acceptors (Lipinski definition) is 4. The Morgan fingerprint density at radius 2 is 1.67 bits per heavy atom. The third-order valence-corrected chi connectivity index (χ3v) is 3.09. The third-order valence-electron chi connectivity index (χ3n) is 3.09. The lowest BCUT2D eigenvalue weighted by Crippen LogP contribution is -2.09. The monoisotopic (exact) mass is 251 g/mol. The van der Waals surface area contributed by atoms with Crippen molar-refractivity contribution in [1.29, 1.82) is 0 Å². The molecular weight excluding hydrogens is 230 g/mol. The molecule has 100 valence electrons. The minimum atomic E-state index is -0.312. The van der Waals surface area contributed by atoms with Crippen LogP contribution in [0.1, 0.15) is 37.2 Å². The van der Waals surface area contributed by atoms with Crippen LogP contribution in [-0.4, -0.2) is 18.0 Å². The van der Waals surface area contributed by atoms with Crippen molar-refractivity contribution in [2.75, 3.05) is 13.1 Å². The predicted octanol–water partition coefficient (Wildman–Crippen LogP) is 2.16. The molecule has 0 aliphatic rings. The molecule has 5 heteroatoms. The summed E-state index contributed by atoms with van der Waals surface area (Å²) >= 11 is 0. The quantitative estimate of drug-likeness (QED) is 0.546. The summed E-state index contributed by atoms with van der Waals surface area (Å²) in [5.74, 6) is 0.179. The summed E-state index contributed by atoms with van der Waals surface area (Å²) in [5.41, 5.74) is 12.1. The van der Waals surface area contributed by atoms with E-state index < -0.39 is 0 Å². The van der Waals surface area contributed by atoms with Crippen molar-refractivity contribution in [3.8, 4) is 0 Å². The number of para-hydroxylation sites is 1. The summed E-state index contributed by atoms with van der Waals surface area (Å²) in [5, 5.41) is 11.0. The first kappa shape index (κ1) is 14.6. The van der Waals surface area contributed by atoms with Crippen molar-refractivity contribution in [1.82, 2.24) is 0 Å². The molecule has 0 aliphatic carbocycles. The standard InChI is InChI=1S/C13H21N3O2/c14-9-3-5-11(6-4-10-15)12-7-1-2-8-13(12)16(17)18/h1-2,7-8,11H,3-6,9-10,14-15H2. The molecule has 1 aromatic rings.